The van der Waals surface area contributed by atoms with Crippen molar-refractivity contribution in [2.45, 2.75) is 18.2 Å². The van der Waals surface area contributed by atoms with E-state index in [-0.39, 0.29) is 28.0 Å². The van der Waals surface area contributed by atoms with E-state index >= 15 is 0 Å². The van der Waals surface area contributed by atoms with Crippen molar-refractivity contribution in [1.29, 1.82) is 0 Å². The fourth-order valence-electron chi connectivity index (χ4n) is 2.43. The summed E-state index contributed by atoms with van der Waals surface area (Å²) in [6, 6.07) is 13.4. The van der Waals surface area contributed by atoms with Crippen LogP contribution in [0, 0.1) is 0 Å². The molecule has 0 bridgehead atoms. The summed E-state index contributed by atoms with van der Waals surface area (Å²) in [5.41, 5.74) is 0.750. The van der Waals surface area contributed by atoms with Gasteiger partial charge in [0.15, 0.2) is 9.84 Å². The van der Waals surface area contributed by atoms with Gasteiger partial charge >= 0.3 is 0 Å². The Labute approximate surface area is 153 Å². The third kappa shape index (κ3) is 4.74. The zero-order valence-electron chi connectivity index (χ0n) is 14.1. The van der Waals surface area contributed by atoms with Crippen LogP contribution >= 0.6 is 11.6 Å². The van der Waals surface area contributed by atoms with E-state index < -0.39 is 9.84 Å². The fourth-order valence-corrected chi connectivity index (χ4v) is 4.00. The quantitative estimate of drug-likeness (QED) is 0.735. The van der Waals surface area contributed by atoms with Gasteiger partial charge in [0, 0.05) is 18.7 Å². The van der Waals surface area contributed by atoms with Crippen LogP contribution in [0.25, 0.3) is 0 Å². The van der Waals surface area contributed by atoms with Gasteiger partial charge in [0.25, 0.3) is 0 Å². The van der Waals surface area contributed by atoms with Gasteiger partial charge in [-0.15, -0.1) is 0 Å². The van der Waals surface area contributed by atoms with Crippen LogP contribution in [0.1, 0.15) is 13.3 Å². The van der Waals surface area contributed by atoms with Crippen molar-refractivity contribution in [3.63, 3.8) is 0 Å². The van der Waals surface area contributed by atoms with Crippen LogP contribution in [-0.4, -0.2) is 33.7 Å². The highest BCUT2D eigenvalue weighted by Gasteiger charge is 2.21. The molecule has 5 nitrogen and oxygen atoms in total. The highest BCUT2D eigenvalue weighted by molar-refractivity contribution is 7.91. The molecule has 0 aliphatic heterocycles. The summed E-state index contributed by atoms with van der Waals surface area (Å²) >= 11 is 5.99. The van der Waals surface area contributed by atoms with Crippen molar-refractivity contribution in [2.24, 2.45) is 0 Å². The summed E-state index contributed by atoms with van der Waals surface area (Å²) in [7, 11) is -2.16. The zero-order chi connectivity index (χ0) is 18.4. The standard InChI is InChI=1S/C18H20ClNO4S/c1-3-20(14-7-5-4-6-8-14)18(21)11-12-25(22,23)15-9-10-17(24-2)16(19)13-15/h4-10,13H,3,11-12H2,1-2H3. The first kappa shape index (κ1) is 19.3. The third-order valence-corrected chi connectivity index (χ3v) is 5.76. The zero-order valence-corrected chi connectivity index (χ0v) is 15.7. The molecule has 0 aliphatic carbocycles. The van der Waals surface area contributed by atoms with Crippen LogP contribution in [0.3, 0.4) is 0 Å². The molecule has 7 heteroatoms. The van der Waals surface area contributed by atoms with E-state index in [0.29, 0.717) is 12.3 Å². The van der Waals surface area contributed by atoms with Crippen LogP contribution in [0.15, 0.2) is 53.4 Å². The SMILES string of the molecule is CCN(C(=O)CCS(=O)(=O)c1ccc(OC)c(Cl)c1)c1ccccc1. The summed E-state index contributed by atoms with van der Waals surface area (Å²) in [4.78, 5) is 14.1. The molecule has 0 N–H and O–H groups in total. The molecule has 1 amide bonds. The summed E-state index contributed by atoms with van der Waals surface area (Å²) in [5.74, 6) is -0.118. The Hall–Kier alpha value is -2.05. The van der Waals surface area contributed by atoms with Gasteiger partial charge in [-0.3, -0.25) is 4.79 Å². The number of carbonyl (C=O) groups excluding carboxylic acids is 1. The number of hydrogen-bond acceptors (Lipinski definition) is 4. The topological polar surface area (TPSA) is 63.7 Å². The summed E-state index contributed by atoms with van der Waals surface area (Å²) < 4.78 is 29.9. The molecule has 0 heterocycles. The summed E-state index contributed by atoms with van der Waals surface area (Å²) in [5, 5.41) is 0.217. The number of sulfone groups is 1. The molecular weight excluding hydrogens is 362 g/mol. The molecule has 0 radical (unpaired) electrons. The van der Waals surface area contributed by atoms with E-state index in [4.69, 9.17) is 16.3 Å². The van der Waals surface area contributed by atoms with Crippen LogP contribution < -0.4 is 9.64 Å². The van der Waals surface area contributed by atoms with Crippen molar-refractivity contribution in [3.8, 4) is 5.75 Å². The molecule has 2 rings (SSSR count). The Balaban J connectivity index is 2.11. The number of anilines is 1. The van der Waals surface area contributed by atoms with Crippen molar-refractivity contribution < 1.29 is 17.9 Å². The van der Waals surface area contributed by atoms with Crippen LogP contribution in [-0.2, 0) is 14.6 Å². The van der Waals surface area contributed by atoms with Gasteiger partial charge in [0.1, 0.15) is 5.75 Å². The lowest BCUT2D eigenvalue weighted by molar-refractivity contribution is -0.118. The second-order valence-corrected chi connectivity index (χ2v) is 7.86. The lowest BCUT2D eigenvalue weighted by atomic mass is 10.2. The highest BCUT2D eigenvalue weighted by Crippen LogP contribution is 2.27. The van der Waals surface area contributed by atoms with Crippen molar-refractivity contribution in [2.75, 3.05) is 24.3 Å². The van der Waals surface area contributed by atoms with E-state index in [1.165, 1.54) is 25.3 Å². The van der Waals surface area contributed by atoms with E-state index in [1.807, 2.05) is 37.3 Å². The van der Waals surface area contributed by atoms with Gasteiger partial charge in [0.2, 0.25) is 5.91 Å². The number of ether oxygens (including phenoxy) is 1. The minimum Gasteiger partial charge on any atom is -0.495 e. The molecule has 0 spiro atoms. The molecule has 0 aromatic heterocycles. The second kappa shape index (κ2) is 8.36. The Bertz CT molecular complexity index is 837. The van der Waals surface area contributed by atoms with Crippen LogP contribution in [0.2, 0.25) is 5.02 Å². The van der Waals surface area contributed by atoms with E-state index in [1.54, 1.807) is 4.90 Å². The molecule has 25 heavy (non-hydrogen) atoms. The molecular formula is C18H20ClNO4S. The van der Waals surface area contributed by atoms with E-state index in [9.17, 15) is 13.2 Å². The minimum atomic E-state index is -3.61. The number of halogens is 1. The van der Waals surface area contributed by atoms with Crippen molar-refractivity contribution in [3.05, 3.63) is 53.6 Å². The van der Waals surface area contributed by atoms with Gasteiger partial charge in [-0.25, -0.2) is 8.42 Å². The lowest BCUT2D eigenvalue weighted by Crippen LogP contribution is -2.31. The van der Waals surface area contributed by atoms with Gasteiger partial charge in [-0.2, -0.15) is 0 Å². The van der Waals surface area contributed by atoms with Crippen molar-refractivity contribution in [1.82, 2.24) is 0 Å². The number of para-hydroxylation sites is 1. The second-order valence-electron chi connectivity index (χ2n) is 5.34. The average molecular weight is 382 g/mol. The number of rotatable bonds is 7. The largest absolute Gasteiger partial charge is 0.495 e. The molecule has 0 atom stereocenters. The Kier molecular flexibility index (Phi) is 6.45. The Morgan fingerprint density at radius 2 is 1.84 bits per heavy atom. The molecule has 0 saturated heterocycles. The van der Waals surface area contributed by atoms with Crippen molar-refractivity contribution >= 4 is 33.0 Å². The maximum absolute atomic E-state index is 12.5. The first-order valence-corrected chi connectivity index (χ1v) is 9.83. The first-order valence-electron chi connectivity index (χ1n) is 7.80. The van der Waals surface area contributed by atoms with Gasteiger partial charge in [-0.1, -0.05) is 29.8 Å². The van der Waals surface area contributed by atoms with Crippen LogP contribution in [0.5, 0.6) is 5.75 Å². The van der Waals surface area contributed by atoms with Crippen LogP contribution in [0.4, 0.5) is 5.69 Å². The predicted molar refractivity (Wildman–Crippen MR) is 99.1 cm³/mol. The van der Waals surface area contributed by atoms with Gasteiger partial charge < -0.3 is 9.64 Å². The first-order chi connectivity index (χ1) is 11.9. The number of carbonyl (C=O) groups is 1. The number of nitrogens with zero attached hydrogens (tertiary/aromatic N) is 1. The number of hydrogen-bond donors (Lipinski definition) is 0. The molecule has 2 aromatic rings. The number of benzene rings is 2. The highest BCUT2D eigenvalue weighted by atomic mass is 35.5. The normalized spacial score (nSPS) is 11.2. The third-order valence-electron chi connectivity index (χ3n) is 3.75. The molecule has 2 aromatic carbocycles. The molecule has 0 fully saturated rings. The fraction of sp³-hybridized carbons (Fsp3) is 0.278. The summed E-state index contributed by atoms with van der Waals surface area (Å²) in [6.45, 7) is 2.32. The summed E-state index contributed by atoms with van der Waals surface area (Å²) in [6.07, 6.45) is -0.102. The maximum Gasteiger partial charge on any atom is 0.228 e. The van der Waals surface area contributed by atoms with E-state index in [2.05, 4.69) is 0 Å². The smallest absolute Gasteiger partial charge is 0.228 e. The Morgan fingerprint density at radius 1 is 1.16 bits per heavy atom. The molecule has 0 aliphatic rings. The number of amides is 1. The molecule has 0 unspecified atom stereocenters. The minimum absolute atomic E-state index is 0.0776. The van der Waals surface area contributed by atoms with Gasteiger partial charge in [0.05, 0.1) is 22.8 Å². The molecule has 0 saturated carbocycles. The van der Waals surface area contributed by atoms with Gasteiger partial charge in [-0.05, 0) is 37.3 Å². The predicted octanol–water partition coefficient (Wildman–Crippen LogP) is 3.57. The monoisotopic (exact) mass is 381 g/mol. The number of methoxy groups -OCH3 is 1. The van der Waals surface area contributed by atoms with E-state index in [0.717, 1.165) is 5.69 Å². The lowest BCUT2D eigenvalue weighted by Gasteiger charge is -2.21. The average Bonchev–Trinajstić information content (AvgIpc) is 2.61. The molecule has 134 valence electrons. The Morgan fingerprint density at radius 3 is 2.40 bits per heavy atom. The maximum atomic E-state index is 12.5.